The maximum atomic E-state index is 13.1. The largest absolute Gasteiger partial charge is 0.491 e. The number of aromatic nitrogens is 2. The molecule has 0 spiro atoms. The van der Waals surface area contributed by atoms with Crippen molar-refractivity contribution in [1.29, 1.82) is 0 Å². The van der Waals surface area contributed by atoms with Crippen molar-refractivity contribution in [2.24, 2.45) is 0 Å². The van der Waals surface area contributed by atoms with E-state index in [1.54, 1.807) is 0 Å². The van der Waals surface area contributed by atoms with Gasteiger partial charge >= 0.3 is 6.18 Å². The Morgan fingerprint density at radius 1 is 1.43 bits per heavy atom. The molecular formula is C14H12F3N3O3. The second kappa shape index (κ2) is 6.51. The van der Waals surface area contributed by atoms with Crippen LogP contribution in [-0.4, -0.2) is 29.2 Å². The van der Waals surface area contributed by atoms with Crippen LogP contribution in [0.3, 0.4) is 0 Å². The van der Waals surface area contributed by atoms with Gasteiger partial charge in [0.2, 0.25) is 5.43 Å². The van der Waals surface area contributed by atoms with Crippen molar-refractivity contribution in [3.8, 4) is 5.75 Å². The Bertz CT molecular complexity index is 744. The Balaban J connectivity index is 2.28. The average Bonchev–Trinajstić information content (AvgIpc) is 2.52. The van der Waals surface area contributed by atoms with E-state index in [-0.39, 0.29) is 17.0 Å². The number of hydrogen-bond donors (Lipinski definition) is 2. The van der Waals surface area contributed by atoms with Gasteiger partial charge in [-0.05, 0) is 6.07 Å². The molecule has 122 valence electrons. The minimum Gasteiger partial charge on any atom is -0.491 e. The van der Waals surface area contributed by atoms with Crippen LogP contribution >= 0.6 is 0 Å². The number of ether oxygens (including phenoxy) is 1. The first-order chi connectivity index (χ1) is 10.8. The summed E-state index contributed by atoms with van der Waals surface area (Å²) >= 11 is 0. The van der Waals surface area contributed by atoms with Crippen LogP contribution in [0.5, 0.6) is 5.75 Å². The van der Waals surface area contributed by atoms with Gasteiger partial charge in [-0.3, -0.25) is 14.6 Å². The summed E-state index contributed by atoms with van der Waals surface area (Å²) in [6.07, 6.45) is -1.29. The number of methoxy groups -OCH3 is 1. The highest BCUT2D eigenvalue weighted by Gasteiger charge is 2.42. The summed E-state index contributed by atoms with van der Waals surface area (Å²) in [5.41, 5.74) is -1.15. The number of alkyl halides is 3. The Morgan fingerprint density at radius 3 is 2.70 bits per heavy atom. The zero-order chi connectivity index (χ0) is 17.0. The standard InChI is InChI=1S/C14H12F3N3O3/c1-23-11-7-19-9(5-10(11)21)13(22)20-12(14(15,16)17)8-3-2-4-18-6-8/h2-7,12H,1H3,(H,19,21)(H,20,22)/t12-/m1/s1. The molecule has 2 aromatic rings. The number of hydrogen-bond acceptors (Lipinski definition) is 4. The highest BCUT2D eigenvalue weighted by molar-refractivity contribution is 5.92. The molecule has 0 aromatic carbocycles. The van der Waals surface area contributed by atoms with Gasteiger partial charge in [0.05, 0.1) is 7.11 Å². The maximum Gasteiger partial charge on any atom is 0.412 e. The number of nitrogens with one attached hydrogen (secondary N) is 2. The van der Waals surface area contributed by atoms with E-state index >= 15 is 0 Å². The lowest BCUT2D eigenvalue weighted by Crippen LogP contribution is -2.38. The molecule has 0 aliphatic rings. The Labute approximate surface area is 128 Å². The Hall–Kier alpha value is -2.84. The van der Waals surface area contributed by atoms with Crippen molar-refractivity contribution in [3.05, 3.63) is 58.3 Å². The summed E-state index contributed by atoms with van der Waals surface area (Å²) in [5.74, 6) is -1.13. The van der Waals surface area contributed by atoms with Crippen molar-refractivity contribution in [3.63, 3.8) is 0 Å². The lowest BCUT2D eigenvalue weighted by molar-refractivity contribution is -0.155. The molecule has 0 aliphatic heterocycles. The molecule has 23 heavy (non-hydrogen) atoms. The number of H-pyrrole nitrogens is 1. The lowest BCUT2D eigenvalue weighted by Gasteiger charge is -2.21. The van der Waals surface area contributed by atoms with Crippen LogP contribution < -0.4 is 15.5 Å². The molecule has 2 N–H and O–H groups in total. The first kappa shape index (κ1) is 16.5. The molecular weight excluding hydrogens is 315 g/mol. The molecule has 2 aromatic heterocycles. The van der Waals surface area contributed by atoms with E-state index < -0.39 is 23.6 Å². The van der Waals surface area contributed by atoms with Gasteiger partial charge in [-0.2, -0.15) is 13.2 Å². The zero-order valence-electron chi connectivity index (χ0n) is 11.8. The molecule has 0 saturated heterocycles. The summed E-state index contributed by atoms with van der Waals surface area (Å²) in [6.45, 7) is 0. The van der Waals surface area contributed by atoms with E-state index in [4.69, 9.17) is 4.74 Å². The van der Waals surface area contributed by atoms with E-state index in [9.17, 15) is 22.8 Å². The van der Waals surface area contributed by atoms with E-state index in [2.05, 4.69) is 9.97 Å². The first-order valence-corrected chi connectivity index (χ1v) is 6.37. The zero-order valence-corrected chi connectivity index (χ0v) is 11.8. The third-order valence-electron chi connectivity index (χ3n) is 2.96. The van der Waals surface area contributed by atoms with Crippen molar-refractivity contribution in [1.82, 2.24) is 15.3 Å². The highest BCUT2D eigenvalue weighted by atomic mass is 19.4. The lowest BCUT2D eigenvalue weighted by atomic mass is 10.1. The summed E-state index contributed by atoms with van der Waals surface area (Å²) in [5, 5.41) is 1.84. The summed E-state index contributed by atoms with van der Waals surface area (Å²) in [4.78, 5) is 29.6. The van der Waals surface area contributed by atoms with Gasteiger partial charge in [-0.25, -0.2) is 0 Å². The molecule has 9 heteroatoms. The van der Waals surface area contributed by atoms with Gasteiger partial charge in [0.15, 0.2) is 11.8 Å². The third kappa shape index (κ3) is 3.87. The molecule has 6 nitrogen and oxygen atoms in total. The molecule has 2 rings (SSSR count). The van der Waals surface area contributed by atoms with Gasteiger partial charge in [0, 0.05) is 30.2 Å². The fourth-order valence-corrected chi connectivity index (χ4v) is 1.86. The number of carbonyl (C=O) groups is 1. The van der Waals surface area contributed by atoms with Crippen LogP contribution in [0.25, 0.3) is 0 Å². The van der Waals surface area contributed by atoms with Crippen molar-refractivity contribution in [2.75, 3.05) is 7.11 Å². The smallest absolute Gasteiger partial charge is 0.412 e. The molecule has 0 aliphatic carbocycles. The van der Waals surface area contributed by atoms with Crippen molar-refractivity contribution >= 4 is 5.91 Å². The maximum absolute atomic E-state index is 13.1. The minimum absolute atomic E-state index is 0.0545. The SMILES string of the molecule is COc1c[nH]c(C(=O)N[C@H](c2cccnc2)C(F)(F)F)cc1=O. The van der Waals surface area contributed by atoms with Crippen molar-refractivity contribution < 1.29 is 22.7 Å². The van der Waals surface area contributed by atoms with Crippen LogP contribution in [0.1, 0.15) is 22.1 Å². The predicted octanol–water partition coefficient (Wildman–Crippen LogP) is 1.81. The Morgan fingerprint density at radius 2 is 2.17 bits per heavy atom. The number of rotatable bonds is 4. The van der Waals surface area contributed by atoms with E-state index in [1.165, 1.54) is 25.4 Å². The molecule has 2 heterocycles. The van der Waals surface area contributed by atoms with Crippen LogP contribution in [0.2, 0.25) is 0 Å². The molecule has 0 fully saturated rings. The molecule has 1 amide bonds. The van der Waals surface area contributed by atoms with Crippen LogP contribution in [-0.2, 0) is 0 Å². The second-order valence-corrected chi connectivity index (χ2v) is 4.51. The van der Waals surface area contributed by atoms with Gasteiger partial charge < -0.3 is 15.0 Å². The van der Waals surface area contributed by atoms with E-state index in [0.29, 0.717) is 0 Å². The number of pyridine rings is 2. The molecule has 0 radical (unpaired) electrons. The summed E-state index contributed by atoms with van der Waals surface area (Å²) < 4.78 is 44.2. The van der Waals surface area contributed by atoms with Crippen LogP contribution in [0.15, 0.2) is 41.6 Å². The number of nitrogens with zero attached hydrogens (tertiary/aromatic N) is 1. The summed E-state index contributed by atoms with van der Waals surface area (Å²) in [6, 6.07) is 1.15. The number of carbonyl (C=O) groups excluding carboxylic acids is 1. The van der Waals surface area contributed by atoms with Gasteiger partial charge in [-0.1, -0.05) is 6.07 Å². The fraction of sp³-hybridized carbons (Fsp3) is 0.214. The van der Waals surface area contributed by atoms with Crippen LogP contribution in [0, 0.1) is 0 Å². The third-order valence-corrected chi connectivity index (χ3v) is 2.96. The average molecular weight is 327 g/mol. The molecule has 0 bridgehead atoms. The first-order valence-electron chi connectivity index (χ1n) is 6.37. The summed E-state index contributed by atoms with van der Waals surface area (Å²) in [7, 11) is 1.26. The molecule has 1 atom stereocenters. The van der Waals surface area contributed by atoms with Gasteiger partial charge in [-0.15, -0.1) is 0 Å². The van der Waals surface area contributed by atoms with E-state index in [1.807, 2.05) is 5.32 Å². The molecule has 0 saturated carbocycles. The minimum atomic E-state index is -4.72. The quantitative estimate of drug-likeness (QED) is 0.897. The van der Waals surface area contributed by atoms with Crippen LogP contribution in [0.4, 0.5) is 13.2 Å². The second-order valence-electron chi connectivity index (χ2n) is 4.51. The normalized spacial score (nSPS) is 12.5. The highest BCUT2D eigenvalue weighted by Crippen LogP contribution is 2.32. The monoisotopic (exact) mass is 327 g/mol. The van der Waals surface area contributed by atoms with E-state index in [0.717, 1.165) is 18.5 Å². The van der Waals surface area contributed by atoms with Gasteiger partial charge in [0.25, 0.3) is 5.91 Å². The number of amides is 1. The fourth-order valence-electron chi connectivity index (χ4n) is 1.86. The molecule has 0 unspecified atom stereocenters. The van der Waals surface area contributed by atoms with Gasteiger partial charge in [0.1, 0.15) is 5.69 Å². The number of halogens is 3. The Kier molecular flexibility index (Phi) is 4.68. The predicted molar refractivity (Wildman–Crippen MR) is 74.1 cm³/mol. The topological polar surface area (TPSA) is 84.1 Å². The van der Waals surface area contributed by atoms with Crippen molar-refractivity contribution in [2.45, 2.75) is 12.2 Å². The number of aromatic amines is 1.